The van der Waals surface area contributed by atoms with Crippen LogP contribution < -0.4 is 10.6 Å². The van der Waals surface area contributed by atoms with Crippen LogP contribution in [0.15, 0.2) is 53.5 Å². The minimum Gasteiger partial charge on any atom is -0.379 e. The molecule has 7 heteroatoms. The molecule has 1 aliphatic heterocycles. The van der Waals surface area contributed by atoms with Gasteiger partial charge in [0.05, 0.1) is 13.2 Å². The number of hydrogen-bond donors (Lipinski definition) is 2. The molecule has 0 unspecified atom stereocenters. The van der Waals surface area contributed by atoms with Crippen molar-refractivity contribution in [3.63, 3.8) is 0 Å². The van der Waals surface area contributed by atoms with Crippen molar-refractivity contribution in [1.82, 2.24) is 15.5 Å². The van der Waals surface area contributed by atoms with Crippen LogP contribution in [-0.2, 0) is 24.4 Å². The molecule has 0 aliphatic carbocycles. The number of benzene rings is 2. The van der Waals surface area contributed by atoms with E-state index in [-0.39, 0.29) is 29.8 Å². The number of rotatable bonds is 6. The van der Waals surface area contributed by atoms with E-state index in [1.807, 2.05) is 6.07 Å². The van der Waals surface area contributed by atoms with E-state index in [0.717, 1.165) is 38.4 Å². The highest BCUT2D eigenvalue weighted by atomic mass is 127. The summed E-state index contributed by atoms with van der Waals surface area (Å²) in [5, 5.41) is 6.58. The van der Waals surface area contributed by atoms with Crippen LogP contribution in [0.3, 0.4) is 0 Å². The van der Waals surface area contributed by atoms with E-state index in [0.29, 0.717) is 19.0 Å². The van der Waals surface area contributed by atoms with Crippen LogP contribution in [0.4, 0.5) is 4.39 Å². The summed E-state index contributed by atoms with van der Waals surface area (Å²) in [5.41, 5.74) is 3.44. The average Bonchev–Trinajstić information content (AvgIpc) is 2.70. The summed E-state index contributed by atoms with van der Waals surface area (Å²) in [4.78, 5) is 6.68. The van der Waals surface area contributed by atoms with E-state index in [4.69, 9.17) is 4.74 Å². The molecule has 0 radical (unpaired) electrons. The summed E-state index contributed by atoms with van der Waals surface area (Å²) in [6.07, 6.45) is 0. The predicted octanol–water partition coefficient (Wildman–Crippen LogP) is 3.14. The van der Waals surface area contributed by atoms with Gasteiger partial charge in [-0.2, -0.15) is 0 Å². The lowest BCUT2D eigenvalue weighted by atomic mass is 10.1. The standard InChI is InChI=1S/C21H27FN4O.HI/c1-23-21(24-14-17-5-4-8-20(22)13-17)25-15-18-6-2-3-7-19(18)16-26-9-11-27-12-10-26;/h2-8,13H,9-12,14-16H2,1H3,(H2,23,24,25);1H. The van der Waals surface area contributed by atoms with Crippen molar-refractivity contribution >= 4 is 29.9 Å². The molecule has 1 aliphatic rings. The van der Waals surface area contributed by atoms with Gasteiger partial charge >= 0.3 is 0 Å². The van der Waals surface area contributed by atoms with E-state index < -0.39 is 0 Å². The second-order valence-corrected chi connectivity index (χ2v) is 6.57. The second-order valence-electron chi connectivity index (χ2n) is 6.57. The van der Waals surface area contributed by atoms with Crippen LogP contribution in [0.2, 0.25) is 0 Å². The maximum atomic E-state index is 13.3. The van der Waals surface area contributed by atoms with Gasteiger partial charge in [-0.25, -0.2) is 4.39 Å². The summed E-state index contributed by atoms with van der Waals surface area (Å²) < 4.78 is 18.7. The minimum atomic E-state index is -0.228. The molecule has 5 nitrogen and oxygen atoms in total. The van der Waals surface area contributed by atoms with Crippen LogP contribution in [0.1, 0.15) is 16.7 Å². The third kappa shape index (κ3) is 7.03. The topological polar surface area (TPSA) is 48.9 Å². The quantitative estimate of drug-likeness (QED) is 0.365. The Labute approximate surface area is 183 Å². The molecule has 2 N–H and O–H groups in total. The highest BCUT2D eigenvalue weighted by Crippen LogP contribution is 2.13. The smallest absolute Gasteiger partial charge is 0.191 e. The van der Waals surface area contributed by atoms with Gasteiger partial charge in [-0.3, -0.25) is 9.89 Å². The number of nitrogens with one attached hydrogen (secondary N) is 2. The Morgan fingerprint density at radius 2 is 1.75 bits per heavy atom. The van der Waals surface area contributed by atoms with Gasteiger partial charge in [0.25, 0.3) is 0 Å². The van der Waals surface area contributed by atoms with Crippen molar-refractivity contribution in [2.45, 2.75) is 19.6 Å². The van der Waals surface area contributed by atoms with Gasteiger partial charge in [-0.1, -0.05) is 36.4 Å². The van der Waals surface area contributed by atoms with Crippen molar-refractivity contribution in [3.05, 3.63) is 71.0 Å². The van der Waals surface area contributed by atoms with Gasteiger partial charge < -0.3 is 15.4 Å². The number of morpholine rings is 1. The van der Waals surface area contributed by atoms with E-state index in [9.17, 15) is 4.39 Å². The van der Waals surface area contributed by atoms with Crippen LogP contribution >= 0.6 is 24.0 Å². The first-order valence-corrected chi connectivity index (χ1v) is 9.30. The first-order chi connectivity index (χ1) is 13.2. The Morgan fingerprint density at radius 3 is 2.46 bits per heavy atom. The average molecular weight is 498 g/mol. The molecule has 0 spiro atoms. The third-order valence-corrected chi connectivity index (χ3v) is 4.63. The van der Waals surface area contributed by atoms with E-state index in [2.05, 4.69) is 44.8 Å². The Bertz CT molecular complexity index is 766. The van der Waals surface area contributed by atoms with E-state index >= 15 is 0 Å². The molecule has 0 amide bonds. The first-order valence-electron chi connectivity index (χ1n) is 9.30. The van der Waals surface area contributed by atoms with Crippen molar-refractivity contribution in [3.8, 4) is 0 Å². The Kier molecular flexibility index (Phi) is 9.66. The molecule has 1 fully saturated rings. The number of hydrogen-bond acceptors (Lipinski definition) is 3. The number of nitrogens with zero attached hydrogens (tertiary/aromatic N) is 2. The summed E-state index contributed by atoms with van der Waals surface area (Å²) in [6.45, 7) is 5.68. The molecule has 2 aromatic carbocycles. The lowest BCUT2D eigenvalue weighted by Crippen LogP contribution is -2.37. The maximum Gasteiger partial charge on any atom is 0.191 e. The largest absolute Gasteiger partial charge is 0.379 e. The molecule has 1 heterocycles. The summed E-state index contributed by atoms with van der Waals surface area (Å²) in [7, 11) is 1.74. The first kappa shape index (κ1) is 22.6. The molecule has 1 saturated heterocycles. The van der Waals surface area contributed by atoms with Gasteiger partial charge in [0.2, 0.25) is 0 Å². The summed E-state index contributed by atoms with van der Waals surface area (Å²) in [6, 6.07) is 15.0. The van der Waals surface area contributed by atoms with Crippen LogP contribution in [0, 0.1) is 5.82 Å². The predicted molar refractivity (Wildman–Crippen MR) is 121 cm³/mol. The number of aliphatic imine (C=N–C) groups is 1. The molecule has 28 heavy (non-hydrogen) atoms. The molecular weight excluding hydrogens is 470 g/mol. The van der Waals surface area contributed by atoms with Gasteiger partial charge in [-0.05, 0) is 28.8 Å². The molecular formula is C21H28FIN4O. The molecule has 0 bridgehead atoms. The SMILES string of the molecule is CN=C(NCc1cccc(F)c1)NCc1ccccc1CN1CCOCC1.I. The van der Waals surface area contributed by atoms with E-state index in [1.54, 1.807) is 13.1 Å². The minimum absolute atomic E-state index is 0. The van der Waals surface area contributed by atoms with Crippen molar-refractivity contribution in [2.75, 3.05) is 33.4 Å². The van der Waals surface area contributed by atoms with Crippen molar-refractivity contribution < 1.29 is 9.13 Å². The Morgan fingerprint density at radius 1 is 1.04 bits per heavy atom. The fourth-order valence-corrected chi connectivity index (χ4v) is 3.12. The number of ether oxygens (including phenoxy) is 1. The monoisotopic (exact) mass is 498 g/mol. The van der Waals surface area contributed by atoms with Crippen LogP contribution in [-0.4, -0.2) is 44.2 Å². The zero-order valence-corrected chi connectivity index (χ0v) is 18.5. The third-order valence-electron chi connectivity index (χ3n) is 4.63. The Balaban J connectivity index is 0.00000280. The van der Waals surface area contributed by atoms with Crippen LogP contribution in [0.5, 0.6) is 0 Å². The van der Waals surface area contributed by atoms with Gasteiger partial charge in [0.15, 0.2) is 5.96 Å². The normalized spacial score (nSPS) is 15.0. The van der Waals surface area contributed by atoms with Gasteiger partial charge in [0.1, 0.15) is 5.82 Å². The van der Waals surface area contributed by atoms with Crippen LogP contribution in [0.25, 0.3) is 0 Å². The van der Waals surface area contributed by atoms with Crippen molar-refractivity contribution in [1.29, 1.82) is 0 Å². The lowest BCUT2D eigenvalue weighted by molar-refractivity contribution is 0.0341. The number of guanidine groups is 1. The molecule has 0 saturated carbocycles. The molecule has 152 valence electrons. The molecule has 3 rings (SSSR count). The van der Waals surface area contributed by atoms with Crippen molar-refractivity contribution in [2.24, 2.45) is 4.99 Å². The van der Waals surface area contributed by atoms with E-state index in [1.165, 1.54) is 23.3 Å². The lowest BCUT2D eigenvalue weighted by Gasteiger charge is -2.27. The molecule has 2 aromatic rings. The Hall–Kier alpha value is -1.71. The highest BCUT2D eigenvalue weighted by Gasteiger charge is 2.12. The van der Waals surface area contributed by atoms with Gasteiger partial charge in [-0.15, -0.1) is 24.0 Å². The summed E-state index contributed by atoms with van der Waals surface area (Å²) >= 11 is 0. The van der Waals surface area contributed by atoms with Gasteiger partial charge in [0, 0.05) is 39.8 Å². The zero-order chi connectivity index (χ0) is 18.9. The second kappa shape index (κ2) is 12.0. The maximum absolute atomic E-state index is 13.3. The zero-order valence-electron chi connectivity index (χ0n) is 16.2. The highest BCUT2D eigenvalue weighted by molar-refractivity contribution is 14.0. The molecule has 0 atom stereocenters. The molecule has 0 aromatic heterocycles. The number of halogens is 2. The fraction of sp³-hybridized carbons (Fsp3) is 0.381. The summed E-state index contributed by atoms with van der Waals surface area (Å²) in [5.74, 6) is 0.467. The fourth-order valence-electron chi connectivity index (χ4n) is 3.12.